The summed E-state index contributed by atoms with van der Waals surface area (Å²) in [6, 6.07) is 1.79. The molecule has 0 spiro atoms. The third-order valence-electron chi connectivity index (χ3n) is 3.74. The van der Waals surface area contributed by atoms with Gasteiger partial charge in [-0.1, -0.05) is 6.92 Å². The molecule has 1 saturated heterocycles. The Morgan fingerprint density at radius 1 is 1.42 bits per heavy atom. The summed E-state index contributed by atoms with van der Waals surface area (Å²) in [7, 11) is 3.24. The first kappa shape index (κ1) is 14.1. The molecule has 0 aliphatic carbocycles. The number of aliphatic hydroxyl groups excluding tert-OH is 1. The van der Waals surface area contributed by atoms with Crippen molar-refractivity contribution in [3.05, 3.63) is 18.0 Å². The van der Waals surface area contributed by atoms with Crippen molar-refractivity contribution in [3.8, 4) is 11.5 Å². The van der Waals surface area contributed by atoms with Crippen molar-refractivity contribution in [1.82, 2.24) is 9.88 Å². The monoisotopic (exact) mass is 266 g/mol. The van der Waals surface area contributed by atoms with Crippen LogP contribution in [-0.4, -0.2) is 48.4 Å². The molecule has 0 aromatic carbocycles. The molecule has 2 atom stereocenters. The molecule has 1 aliphatic heterocycles. The van der Waals surface area contributed by atoms with Crippen LogP contribution in [0.25, 0.3) is 0 Å². The van der Waals surface area contributed by atoms with Gasteiger partial charge in [-0.25, -0.2) is 0 Å². The first-order chi connectivity index (χ1) is 9.15. The number of hydrogen-bond donors (Lipinski definition) is 1. The Bertz CT molecular complexity index is 425. The highest BCUT2D eigenvalue weighted by atomic mass is 16.5. The van der Waals surface area contributed by atoms with Crippen LogP contribution in [0.3, 0.4) is 0 Å². The molecular weight excluding hydrogens is 244 g/mol. The van der Waals surface area contributed by atoms with E-state index in [2.05, 4.69) is 16.8 Å². The molecule has 5 heteroatoms. The highest BCUT2D eigenvalue weighted by Crippen LogP contribution is 2.30. The first-order valence-corrected chi connectivity index (χ1v) is 6.62. The molecule has 0 bridgehead atoms. The van der Waals surface area contributed by atoms with Crippen LogP contribution in [0.5, 0.6) is 11.5 Å². The minimum Gasteiger partial charge on any atom is -0.493 e. The van der Waals surface area contributed by atoms with Gasteiger partial charge in [-0.05, 0) is 18.9 Å². The fourth-order valence-electron chi connectivity index (χ4n) is 2.43. The zero-order valence-electron chi connectivity index (χ0n) is 11.8. The summed E-state index contributed by atoms with van der Waals surface area (Å²) in [6.45, 7) is 4.42. The lowest BCUT2D eigenvalue weighted by Gasteiger charge is -2.34. The van der Waals surface area contributed by atoms with Gasteiger partial charge < -0.3 is 14.6 Å². The molecule has 1 fully saturated rings. The van der Waals surface area contributed by atoms with Crippen LogP contribution in [0.1, 0.15) is 19.0 Å². The number of piperidine rings is 1. The lowest BCUT2D eigenvalue weighted by molar-refractivity contribution is 0.0251. The summed E-state index contributed by atoms with van der Waals surface area (Å²) in [5.74, 6) is 1.74. The highest BCUT2D eigenvalue weighted by molar-refractivity contribution is 5.42. The summed E-state index contributed by atoms with van der Waals surface area (Å²) < 4.78 is 10.7. The normalized spacial score (nSPS) is 24.2. The van der Waals surface area contributed by atoms with E-state index in [1.54, 1.807) is 26.5 Å². The minimum absolute atomic E-state index is 0.259. The third-order valence-corrected chi connectivity index (χ3v) is 3.74. The Labute approximate surface area is 114 Å². The number of aliphatic hydroxyl groups is 1. The molecule has 2 heterocycles. The van der Waals surface area contributed by atoms with E-state index in [0.717, 1.165) is 18.7 Å². The van der Waals surface area contributed by atoms with E-state index in [1.165, 1.54) is 0 Å². The average Bonchev–Trinajstić information content (AvgIpc) is 2.42. The molecule has 2 unspecified atom stereocenters. The Morgan fingerprint density at radius 3 is 2.84 bits per heavy atom. The number of ether oxygens (including phenoxy) is 2. The molecular formula is C14H22N2O3. The number of likely N-dealkylation sites (tertiary alicyclic amines) is 1. The number of methoxy groups -OCH3 is 2. The Morgan fingerprint density at radius 2 is 2.21 bits per heavy atom. The van der Waals surface area contributed by atoms with Crippen LogP contribution >= 0.6 is 0 Å². The second-order valence-electron chi connectivity index (χ2n) is 5.06. The summed E-state index contributed by atoms with van der Waals surface area (Å²) in [6.07, 6.45) is 2.47. The molecule has 1 aliphatic rings. The zero-order valence-corrected chi connectivity index (χ0v) is 11.8. The minimum atomic E-state index is -0.259. The predicted octanol–water partition coefficient (Wildman–Crippen LogP) is 1.30. The second kappa shape index (κ2) is 6.21. The zero-order chi connectivity index (χ0) is 13.8. The molecule has 1 aromatic heterocycles. The molecule has 19 heavy (non-hydrogen) atoms. The van der Waals surface area contributed by atoms with E-state index in [9.17, 15) is 5.11 Å². The summed E-state index contributed by atoms with van der Waals surface area (Å²) in [5, 5.41) is 9.94. The molecule has 1 aromatic rings. The van der Waals surface area contributed by atoms with Crippen LogP contribution < -0.4 is 9.47 Å². The van der Waals surface area contributed by atoms with Crippen LogP contribution in [0.2, 0.25) is 0 Å². The summed E-state index contributed by atoms with van der Waals surface area (Å²) >= 11 is 0. The van der Waals surface area contributed by atoms with E-state index in [-0.39, 0.29) is 6.10 Å². The quantitative estimate of drug-likeness (QED) is 0.890. The summed E-state index contributed by atoms with van der Waals surface area (Å²) in [5.41, 5.74) is 0.851. The van der Waals surface area contributed by atoms with Crippen LogP contribution in [-0.2, 0) is 6.54 Å². The predicted molar refractivity (Wildman–Crippen MR) is 72.4 cm³/mol. The lowest BCUT2D eigenvalue weighted by Crippen LogP contribution is -2.42. The number of pyridine rings is 1. The van der Waals surface area contributed by atoms with E-state index >= 15 is 0 Å². The molecule has 2 rings (SSSR count). The standard InChI is InChI=1S/C14H22N2O3/c1-10-5-7-16(9-12(10)17)8-11-14(19-3)13(18-2)4-6-15-11/h4,6,10,12,17H,5,7-9H2,1-3H3. The Hall–Kier alpha value is -1.33. The van der Waals surface area contributed by atoms with E-state index in [4.69, 9.17) is 9.47 Å². The molecule has 0 radical (unpaired) electrons. The van der Waals surface area contributed by atoms with Gasteiger partial charge in [-0.2, -0.15) is 0 Å². The maximum atomic E-state index is 9.94. The maximum absolute atomic E-state index is 9.94. The van der Waals surface area contributed by atoms with Gasteiger partial charge >= 0.3 is 0 Å². The van der Waals surface area contributed by atoms with Crippen molar-refractivity contribution in [2.24, 2.45) is 5.92 Å². The number of aromatic nitrogens is 1. The molecule has 0 amide bonds. The van der Waals surface area contributed by atoms with Gasteiger partial charge in [0.05, 0.1) is 20.3 Å². The van der Waals surface area contributed by atoms with Gasteiger partial charge in [0.2, 0.25) is 0 Å². The third kappa shape index (κ3) is 3.16. The van der Waals surface area contributed by atoms with E-state index in [1.807, 2.05) is 0 Å². The van der Waals surface area contributed by atoms with E-state index in [0.29, 0.717) is 30.5 Å². The smallest absolute Gasteiger partial charge is 0.183 e. The first-order valence-electron chi connectivity index (χ1n) is 6.62. The van der Waals surface area contributed by atoms with Crippen molar-refractivity contribution >= 4 is 0 Å². The largest absolute Gasteiger partial charge is 0.493 e. The van der Waals surface area contributed by atoms with Crippen molar-refractivity contribution in [1.29, 1.82) is 0 Å². The Kier molecular flexibility index (Phi) is 4.61. The van der Waals surface area contributed by atoms with Crippen molar-refractivity contribution < 1.29 is 14.6 Å². The molecule has 1 N–H and O–H groups in total. The van der Waals surface area contributed by atoms with Crippen LogP contribution in [0, 0.1) is 5.92 Å². The number of rotatable bonds is 4. The van der Waals surface area contributed by atoms with Gasteiger partial charge in [-0.3, -0.25) is 9.88 Å². The van der Waals surface area contributed by atoms with Gasteiger partial charge in [0.25, 0.3) is 0 Å². The number of β-amino-alcohol motifs (C(OH)–C–C–N with tert-alkyl or cyclic N) is 1. The van der Waals surface area contributed by atoms with Crippen molar-refractivity contribution in [2.75, 3.05) is 27.3 Å². The summed E-state index contributed by atoms with van der Waals surface area (Å²) in [4.78, 5) is 6.57. The fraction of sp³-hybridized carbons (Fsp3) is 0.643. The molecule has 5 nitrogen and oxygen atoms in total. The number of hydrogen-bond acceptors (Lipinski definition) is 5. The fourth-order valence-corrected chi connectivity index (χ4v) is 2.43. The highest BCUT2D eigenvalue weighted by Gasteiger charge is 2.25. The van der Waals surface area contributed by atoms with Gasteiger partial charge in [-0.15, -0.1) is 0 Å². The van der Waals surface area contributed by atoms with Gasteiger partial charge in [0, 0.05) is 25.4 Å². The topological polar surface area (TPSA) is 54.8 Å². The van der Waals surface area contributed by atoms with Crippen LogP contribution in [0.4, 0.5) is 0 Å². The Balaban J connectivity index is 2.11. The SMILES string of the molecule is COc1ccnc(CN2CCC(C)C(O)C2)c1OC. The molecule has 106 valence electrons. The van der Waals surface area contributed by atoms with Crippen molar-refractivity contribution in [2.45, 2.75) is 26.0 Å². The van der Waals surface area contributed by atoms with Gasteiger partial charge in [0.1, 0.15) is 5.69 Å². The van der Waals surface area contributed by atoms with Crippen LogP contribution in [0.15, 0.2) is 12.3 Å². The number of nitrogens with zero attached hydrogens (tertiary/aromatic N) is 2. The lowest BCUT2D eigenvalue weighted by atomic mass is 9.96. The second-order valence-corrected chi connectivity index (χ2v) is 5.06. The van der Waals surface area contributed by atoms with E-state index < -0.39 is 0 Å². The maximum Gasteiger partial charge on any atom is 0.183 e. The van der Waals surface area contributed by atoms with Gasteiger partial charge in [0.15, 0.2) is 11.5 Å². The van der Waals surface area contributed by atoms with Crippen molar-refractivity contribution in [3.63, 3.8) is 0 Å². The molecule has 0 saturated carbocycles. The average molecular weight is 266 g/mol.